The van der Waals surface area contributed by atoms with Crippen LogP contribution in [0.25, 0.3) is 0 Å². The van der Waals surface area contributed by atoms with Crippen LogP contribution >= 0.6 is 0 Å². The van der Waals surface area contributed by atoms with Gasteiger partial charge in [0.2, 0.25) is 5.91 Å². The van der Waals surface area contributed by atoms with Gasteiger partial charge in [-0.15, -0.1) is 0 Å². The normalized spacial score (nSPS) is 17.1. The van der Waals surface area contributed by atoms with Crippen molar-refractivity contribution < 1.29 is 9.59 Å². The van der Waals surface area contributed by atoms with Gasteiger partial charge in [-0.2, -0.15) is 0 Å². The van der Waals surface area contributed by atoms with E-state index in [2.05, 4.69) is 19.2 Å². The number of carbonyl (C=O) groups excluding carboxylic acids is 2. The van der Waals surface area contributed by atoms with Crippen molar-refractivity contribution in [2.24, 2.45) is 11.7 Å². The minimum atomic E-state index is -0.412. The number of piperidine rings is 1. The fourth-order valence-electron chi connectivity index (χ4n) is 2.95. The zero-order chi connectivity index (χ0) is 16.8. The van der Waals surface area contributed by atoms with E-state index in [1.165, 1.54) is 0 Å². The largest absolute Gasteiger partial charge is 0.349 e. The van der Waals surface area contributed by atoms with Crippen LogP contribution < -0.4 is 11.1 Å². The van der Waals surface area contributed by atoms with Gasteiger partial charge >= 0.3 is 0 Å². The van der Waals surface area contributed by atoms with Crippen molar-refractivity contribution in [1.82, 2.24) is 10.2 Å². The highest BCUT2D eigenvalue weighted by molar-refractivity contribution is 5.94. The summed E-state index contributed by atoms with van der Waals surface area (Å²) in [4.78, 5) is 26.3. The molecule has 3 N–H and O–H groups in total. The molecule has 1 atom stereocenters. The molecule has 1 fully saturated rings. The lowest BCUT2D eigenvalue weighted by atomic mass is 10.0. The molecule has 126 valence electrons. The molecule has 0 bridgehead atoms. The Labute approximate surface area is 138 Å². The third-order valence-electron chi connectivity index (χ3n) is 4.22. The number of nitrogens with one attached hydrogen (secondary N) is 1. The summed E-state index contributed by atoms with van der Waals surface area (Å²) in [5.74, 6) is 0.398. The molecule has 2 amide bonds. The van der Waals surface area contributed by atoms with E-state index in [1.54, 1.807) is 12.1 Å². The van der Waals surface area contributed by atoms with Gasteiger partial charge in [0.1, 0.15) is 0 Å². The summed E-state index contributed by atoms with van der Waals surface area (Å²) in [7, 11) is 0. The Balaban J connectivity index is 1.80. The van der Waals surface area contributed by atoms with Crippen molar-refractivity contribution in [2.75, 3.05) is 13.1 Å². The molecular formula is C18H27N3O2. The molecule has 1 aliphatic heterocycles. The third kappa shape index (κ3) is 5.06. The van der Waals surface area contributed by atoms with Crippen LogP contribution in [0.2, 0.25) is 0 Å². The van der Waals surface area contributed by atoms with E-state index < -0.39 is 6.04 Å². The van der Waals surface area contributed by atoms with Gasteiger partial charge in [0.25, 0.3) is 5.91 Å². The predicted molar refractivity (Wildman–Crippen MR) is 90.9 cm³/mol. The van der Waals surface area contributed by atoms with E-state index in [0.29, 0.717) is 31.0 Å². The molecule has 23 heavy (non-hydrogen) atoms. The summed E-state index contributed by atoms with van der Waals surface area (Å²) < 4.78 is 0. The quantitative estimate of drug-likeness (QED) is 0.869. The fourth-order valence-corrected chi connectivity index (χ4v) is 2.95. The number of benzene rings is 1. The maximum Gasteiger partial charge on any atom is 0.251 e. The van der Waals surface area contributed by atoms with Crippen LogP contribution in [0.4, 0.5) is 0 Å². The van der Waals surface area contributed by atoms with Gasteiger partial charge in [-0.1, -0.05) is 32.0 Å². The van der Waals surface area contributed by atoms with Crippen molar-refractivity contribution in [2.45, 2.75) is 45.2 Å². The summed E-state index contributed by atoms with van der Waals surface area (Å²) in [5.41, 5.74) is 6.65. The van der Waals surface area contributed by atoms with E-state index in [9.17, 15) is 9.59 Å². The molecule has 0 spiro atoms. The molecule has 5 nitrogen and oxygen atoms in total. The Morgan fingerprint density at radius 1 is 1.22 bits per heavy atom. The molecule has 2 rings (SSSR count). The average Bonchev–Trinajstić information content (AvgIpc) is 2.55. The van der Waals surface area contributed by atoms with Crippen LogP contribution in [-0.2, 0) is 4.79 Å². The molecule has 5 heteroatoms. The number of hydrogen-bond acceptors (Lipinski definition) is 3. The first-order valence-electron chi connectivity index (χ1n) is 8.37. The van der Waals surface area contributed by atoms with Gasteiger partial charge in [-0.25, -0.2) is 0 Å². The predicted octanol–water partition coefficient (Wildman–Crippen LogP) is 1.78. The van der Waals surface area contributed by atoms with Gasteiger partial charge in [-0.3, -0.25) is 9.59 Å². The molecule has 0 aromatic heterocycles. The molecule has 0 unspecified atom stereocenters. The van der Waals surface area contributed by atoms with Crippen molar-refractivity contribution in [3.63, 3.8) is 0 Å². The van der Waals surface area contributed by atoms with Crippen LogP contribution in [0.1, 0.15) is 43.5 Å². The van der Waals surface area contributed by atoms with E-state index >= 15 is 0 Å². The first kappa shape index (κ1) is 17.5. The summed E-state index contributed by atoms with van der Waals surface area (Å²) in [6, 6.07) is 8.91. The molecule has 1 aromatic carbocycles. The molecule has 1 aromatic rings. The van der Waals surface area contributed by atoms with Gasteiger partial charge in [0.15, 0.2) is 0 Å². The maximum absolute atomic E-state index is 12.3. The highest BCUT2D eigenvalue weighted by Gasteiger charge is 2.27. The number of likely N-dealkylation sites (tertiary alicyclic amines) is 1. The number of rotatable bonds is 5. The fraction of sp³-hybridized carbons (Fsp3) is 0.556. The zero-order valence-corrected chi connectivity index (χ0v) is 14.0. The molecule has 1 heterocycles. The van der Waals surface area contributed by atoms with Gasteiger partial charge in [-0.05, 0) is 37.3 Å². The minimum Gasteiger partial charge on any atom is -0.349 e. The van der Waals surface area contributed by atoms with Crippen LogP contribution in [-0.4, -0.2) is 41.9 Å². The first-order chi connectivity index (χ1) is 11.0. The Bertz CT molecular complexity index is 522. The molecule has 1 saturated heterocycles. The molecule has 0 aliphatic carbocycles. The molecule has 0 saturated carbocycles. The Morgan fingerprint density at radius 2 is 1.83 bits per heavy atom. The number of carbonyl (C=O) groups is 2. The van der Waals surface area contributed by atoms with Gasteiger partial charge in [0.05, 0.1) is 6.04 Å². The minimum absolute atomic E-state index is 0.0338. The highest BCUT2D eigenvalue weighted by atomic mass is 16.2. The number of amides is 2. The number of hydrogen-bond donors (Lipinski definition) is 2. The molecule has 0 radical (unpaired) electrons. The van der Waals surface area contributed by atoms with Crippen LogP contribution in [0.5, 0.6) is 0 Å². The van der Waals surface area contributed by atoms with E-state index in [4.69, 9.17) is 5.73 Å². The first-order valence-corrected chi connectivity index (χ1v) is 8.37. The van der Waals surface area contributed by atoms with Crippen molar-refractivity contribution in [1.29, 1.82) is 0 Å². The monoisotopic (exact) mass is 317 g/mol. The summed E-state index contributed by atoms with van der Waals surface area (Å²) in [6.45, 7) is 5.45. The number of nitrogens with two attached hydrogens (primary N) is 1. The lowest BCUT2D eigenvalue weighted by molar-refractivity contribution is -0.134. The number of nitrogens with zero attached hydrogens (tertiary/aromatic N) is 1. The van der Waals surface area contributed by atoms with Crippen molar-refractivity contribution in [3.05, 3.63) is 35.9 Å². The average molecular weight is 317 g/mol. The second-order valence-corrected chi connectivity index (χ2v) is 6.68. The Kier molecular flexibility index (Phi) is 6.16. The zero-order valence-electron chi connectivity index (χ0n) is 14.0. The van der Waals surface area contributed by atoms with Crippen molar-refractivity contribution in [3.8, 4) is 0 Å². The SMILES string of the molecule is CC(C)C[C@H](N)C(=O)N1CCC(NC(=O)c2ccccc2)CC1. The summed E-state index contributed by atoms with van der Waals surface area (Å²) in [6.07, 6.45) is 2.26. The van der Waals surface area contributed by atoms with E-state index in [0.717, 1.165) is 12.8 Å². The summed E-state index contributed by atoms with van der Waals surface area (Å²) in [5, 5.41) is 3.05. The Morgan fingerprint density at radius 3 is 2.39 bits per heavy atom. The lowest BCUT2D eigenvalue weighted by Gasteiger charge is -2.34. The summed E-state index contributed by atoms with van der Waals surface area (Å²) >= 11 is 0. The van der Waals surface area contributed by atoms with Crippen molar-refractivity contribution >= 4 is 11.8 Å². The second-order valence-electron chi connectivity index (χ2n) is 6.68. The molecule has 1 aliphatic rings. The maximum atomic E-state index is 12.3. The highest BCUT2D eigenvalue weighted by Crippen LogP contribution is 2.14. The van der Waals surface area contributed by atoms with E-state index in [-0.39, 0.29) is 17.9 Å². The lowest BCUT2D eigenvalue weighted by Crippen LogP contribution is -2.51. The molecular weight excluding hydrogens is 290 g/mol. The van der Waals surface area contributed by atoms with E-state index in [1.807, 2.05) is 23.1 Å². The smallest absolute Gasteiger partial charge is 0.251 e. The Hall–Kier alpha value is -1.88. The second kappa shape index (κ2) is 8.11. The van der Waals surface area contributed by atoms with Crippen LogP contribution in [0, 0.1) is 5.92 Å². The van der Waals surface area contributed by atoms with Crippen LogP contribution in [0.15, 0.2) is 30.3 Å². The van der Waals surface area contributed by atoms with Crippen LogP contribution in [0.3, 0.4) is 0 Å². The third-order valence-corrected chi connectivity index (χ3v) is 4.22. The van der Waals surface area contributed by atoms with Gasteiger partial charge < -0.3 is 16.0 Å². The standard InChI is InChI=1S/C18H27N3O2/c1-13(2)12-16(19)18(23)21-10-8-15(9-11-21)20-17(22)14-6-4-3-5-7-14/h3-7,13,15-16H,8-12,19H2,1-2H3,(H,20,22)/t16-/m0/s1. The van der Waals surface area contributed by atoms with Gasteiger partial charge in [0, 0.05) is 24.7 Å². The topological polar surface area (TPSA) is 75.4 Å².